The Morgan fingerprint density at radius 3 is 2.75 bits per heavy atom. The van der Waals surface area contributed by atoms with Crippen LogP contribution in [0.4, 0.5) is 0 Å². The first-order valence-corrected chi connectivity index (χ1v) is 6.74. The van der Waals surface area contributed by atoms with Gasteiger partial charge in [-0.1, -0.05) is 23.7 Å². The maximum Gasteiger partial charge on any atom is 0.217 e. The number of methoxy groups -OCH3 is 1. The fraction of sp³-hybridized carbons (Fsp3) is 0.333. The van der Waals surface area contributed by atoms with Gasteiger partial charge >= 0.3 is 0 Å². The molecule has 0 bridgehead atoms. The molecule has 2 aromatic rings. The molecule has 1 aromatic carbocycles. The van der Waals surface area contributed by atoms with Gasteiger partial charge in [-0.2, -0.15) is 4.98 Å². The van der Waals surface area contributed by atoms with E-state index in [1.54, 1.807) is 13.2 Å². The molecular formula is C15H17ClN2O2. The summed E-state index contributed by atoms with van der Waals surface area (Å²) in [6.45, 7) is 4.60. The Hall–Kier alpha value is -1.81. The number of aryl methyl sites for hydroxylation is 1. The predicted octanol–water partition coefficient (Wildman–Crippen LogP) is 3.38. The largest absolute Gasteiger partial charge is 0.493 e. The topological polar surface area (TPSA) is 44.2 Å². The molecule has 0 unspecified atom stereocenters. The lowest BCUT2D eigenvalue weighted by Gasteiger charge is -2.10. The van der Waals surface area contributed by atoms with Crippen LogP contribution in [0.25, 0.3) is 0 Å². The Labute approximate surface area is 123 Å². The standard InChI is InChI=1S/C15H17ClN2O2/c1-10-5-4-6-12(11(10)2)20-8-7-14-17-13(16)9-15(18-14)19-3/h4-6,9H,7-8H2,1-3H3. The van der Waals surface area contributed by atoms with Crippen LogP contribution in [0.2, 0.25) is 5.15 Å². The first kappa shape index (κ1) is 14.6. The monoisotopic (exact) mass is 292 g/mol. The van der Waals surface area contributed by atoms with E-state index < -0.39 is 0 Å². The lowest BCUT2D eigenvalue weighted by atomic mass is 10.1. The fourth-order valence-electron chi connectivity index (χ4n) is 1.79. The van der Waals surface area contributed by atoms with Crippen molar-refractivity contribution >= 4 is 11.6 Å². The van der Waals surface area contributed by atoms with Crippen molar-refractivity contribution in [2.75, 3.05) is 13.7 Å². The van der Waals surface area contributed by atoms with Gasteiger partial charge in [0, 0.05) is 12.5 Å². The maximum atomic E-state index is 5.90. The van der Waals surface area contributed by atoms with Crippen molar-refractivity contribution in [2.45, 2.75) is 20.3 Å². The first-order valence-electron chi connectivity index (χ1n) is 6.36. The van der Waals surface area contributed by atoms with Crippen LogP contribution in [0.3, 0.4) is 0 Å². The van der Waals surface area contributed by atoms with Crippen molar-refractivity contribution in [3.05, 3.63) is 46.4 Å². The van der Waals surface area contributed by atoms with Crippen molar-refractivity contribution in [1.82, 2.24) is 9.97 Å². The van der Waals surface area contributed by atoms with Gasteiger partial charge in [0.1, 0.15) is 16.7 Å². The summed E-state index contributed by atoms with van der Waals surface area (Å²) < 4.78 is 10.8. The van der Waals surface area contributed by atoms with E-state index in [1.807, 2.05) is 19.1 Å². The van der Waals surface area contributed by atoms with Gasteiger partial charge in [0.15, 0.2) is 0 Å². The van der Waals surface area contributed by atoms with Crippen molar-refractivity contribution in [3.8, 4) is 11.6 Å². The molecule has 0 fully saturated rings. The van der Waals surface area contributed by atoms with E-state index in [-0.39, 0.29) is 0 Å². The van der Waals surface area contributed by atoms with Crippen LogP contribution in [0, 0.1) is 13.8 Å². The minimum Gasteiger partial charge on any atom is -0.493 e. The van der Waals surface area contributed by atoms with E-state index in [4.69, 9.17) is 21.1 Å². The number of hydrogen-bond acceptors (Lipinski definition) is 4. The van der Waals surface area contributed by atoms with Crippen LogP contribution in [-0.2, 0) is 6.42 Å². The van der Waals surface area contributed by atoms with Crippen LogP contribution in [0.15, 0.2) is 24.3 Å². The second-order valence-corrected chi connectivity index (χ2v) is 4.83. The minimum atomic E-state index is 0.374. The molecule has 0 aliphatic carbocycles. The van der Waals surface area contributed by atoms with Crippen molar-refractivity contribution in [1.29, 1.82) is 0 Å². The molecule has 0 N–H and O–H groups in total. The highest BCUT2D eigenvalue weighted by atomic mass is 35.5. The molecule has 0 aliphatic heterocycles. The van der Waals surface area contributed by atoms with Crippen LogP contribution in [0.5, 0.6) is 11.6 Å². The average Bonchev–Trinajstić information content (AvgIpc) is 2.43. The van der Waals surface area contributed by atoms with E-state index in [1.165, 1.54) is 5.56 Å². The molecule has 1 heterocycles. The molecule has 0 radical (unpaired) electrons. The number of hydrogen-bond donors (Lipinski definition) is 0. The van der Waals surface area contributed by atoms with Gasteiger partial charge in [-0.05, 0) is 31.0 Å². The number of halogens is 1. The third-order valence-corrected chi connectivity index (χ3v) is 3.26. The smallest absolute Gasteiger partial charge is 0.217 e. The van der Waals surface area contributed by atoms with E-state index in [0.29, 0.717) is 29.9 Å². The molecule has 2 rings (SSSR count). The van der Waals surface area contributed by atoms with Crippen molar-refractivity contribution in [2.24, 2.45) is 0 Å². The van der Waals surface area contributed by atoms with Crippen LogP contribution in [0.1, 0.15) is 17.0 Å². The molecule has 1 aromatic heterocycles. The van der Waals surface area contributed by atoms with E-state index in [9.17, 15) is 0 Å². The van der Waals surface area contributed by atoms with E-state index in [2.05, 4.69) is 23.0 Å². The summed E-state index contributed by atoms with van der Waals surface area (Å²) in [6.07, 6.45) is 0.574. The lowest BCUT2D eigenvalue weighted by Crippen LogP contribution is -2.07. The summed E-state index contributed by atoms with van der Waals surface area (Å²) in [7, 11) is 1.55. The molecule has 0 atom stereocenters. The zero-order valence-electron chi connectivity index (χ0n) is 11.8. The zero-order chi connectivity index (χ0) is 14.5. The van der Waals surface area contributed by atoms with Crippen LogP contribution >= 0.6 is 11.6 Å². The van der Waals surface area contributed by atoms with Gasteiger partial charge in [0.2, 0.25) is 5.88 Å². The highest BCUT2D eigenvalue weighted by molar-refractivity contribution is 6.29. The second-order valence-electron chi connectivity index (χ2n) is 4.45. The third-order valence-electron chi connectivity index (χ3n) is 3.06. The molecule has 5 heteroatoms. The quantitative estimate of drug-likeness (QED) is 0.793. The summed E-state index contributed by atoms with van der Waals surface area (Å²) >= 11 is 5.90. The summed E-state index contributed by atoms with van der Waals surface area (Å²) in [6, 6.07) is 7.59. The maximum absolute atomic E-state index is 5.90. The molecule has 106 valence electrons. The molecule has 0 spiro atoms. The number of nitrogens with zero attached hydrogens (tertiary/aromatic N) is 2. The van der Waals surface area contributed by atoms with Gasteiger partial charge in [0.25, 0.3) is 0 Å². The number of aromatic nitrogens is 2. The predicted molar refractivity (Wildman–Crippen MR) is 78.7 cm³/mol. The molecule has 0 amide bonds. The van der Waals surface area contributed by atoms with Crippen molar-refractivity contribution in [3.63, 3.8) is 0 Å². The zero-order valence-corrected chi connectivity index (χ0v) is 12.6. The summed E-state index contributed by atoms with van der Waals surface area (Å²) in [5.74, 6) is 1.96. The number of benzene rings is 1. The van der Waals surface area contributed by atoms with Crippen molar-refractivity contribution < 1.29 is 9.47 Å². The molecular weight excluding hydrogens is 276 g/mol. The Morgan fingerprint density at radius 1 is 1.20 bits per heavy atom. The fourth-order valence-corrected chi connectivity index (χ4v) is 1.98. The second kappa shape index (κ2) is 6.57. The van der Waals surface area contributed by atoms with Gasteiger partial charge < -0.3 is 9.47 Å². The first-order chi connectivity index (χ1) is 9.60. The Bertz CT molecular complexity index is 602. The van der Waals surface area contributed by atoms with Gasteiger partial charge in [-0.3, -0.25) is 0 Å². The normalized spacial score (nSPS) is 10.4. The average molecular weight is 293 g/mol. The van der Waals surface area contributed by atoms with E-state index >= 15 is 0 Å². The molecule has 20 heavy (non-hydrogen) atoms. The Balaban J connectivity index is 1.99. The van der Waals surface area contributed by atoms with Gasteiger partial charge in [-0.15, -0.1) is 0 Å². The van der Waals surface area contributed by atoms with Gasteiger partial charge in [-0.25, -0.2) is 4.98 Å². The molecule has 0 saturated carbocycles. The molecule has 4 nitrogen and oxygen atoms in total. The lowest BCUT2D eigenvalue weighted by molar-refractivity contribution is 0.315. The Kier molecular flexibility index (Phi) is 4.79. The molecule has 0 aliphatic rings. The third kappa shape index (κ3) is 3.61. The van der Waals surface area contributed by atoms with E-state index in [0.717, 1.165) is 11.3 Å². The number of rotatable bonds is 5. The highest BCUT2D eigenvalue weighted by Crippen LogP contribution is 2.20. The van der Waals surface area contributed by atoms with Crippen LogP contribution < -0.4 is 9.47 Å². The van der Waals surface area contributed by atoms with Crippen LogP contribution in [-0.4, -0.2) is 23.7 Å². The van der Waals surface area contributed by atoms with Gasteiger partial charge in [0.05, 0.1) is 13.7 Å². The summed E-state index contributed by atoms with van der Waals surface area (Å²) in [4.78, 5) is 8.37. The molecule has 0 saturated heterocycles. The Morgan fingerprint density at radius 2 is 2.00 bits per heavy atom. The number of ether oxygens (including phenoxy) is 2. The highest BCUT2D eigenvalue weighted by Gasteiger charge is 2.05. The SMILES string of the molecule is COc1cc(Cl)nc(CCOc2cccc(C)c2C)n1. The summed E-state index contributed by atoms with van der Waals surface area (Å²) in [5.41, 5.74) is 2.36. The minimum absolute atomic E-state index is 0.374. The summed E-state index contributed by atoms with van der Waals surface area (Å²) in [5, 5.41) is 0.374.